The molecule has 9 heteroatoms. The Balaban J connectivity index is 1.78. The highest BCUT2D eigenvalue weighted by molar-refractivity contribution is 7.17. The minimum absolute atomic E-state index is 0.0980. The molecule has 0 unspecified atom stereocenters. The van der Waals surface area contributed by atoms with E-state index in [1.54, 1.807) is 20.8 Å². The van der Waals surface area contributed by atoms with Gasteiger partial charge in [0.05, 0.1) is 17.5 Å². The van der Waals surface area contributed by atoms with Gasteiger partial charge in [-0.1, -0.05) is 72.0 Å². The van der Waals surface area contributed by atoms with E-state index < -0.39 is 17.4 Å². The van der Waals surface area contributed by atoms with E-state index in [4.69, 9.17) is 4.74 Å². The third-order valence-corrected chi connectivity index (χ3v) is 5.92. The Bertz CT molecular complexity index is 1400. The van der Waals surface area contributed by atoms with Crippen molar-refractivity contribution >= 4 is 28.3 Å². The number of carbonyl (C=O) groups excluding carboxylic acids is 2. The molecule has 4 rings (SSSR count). The number of carbonyl (C=O) groups is 2. The van der Waals surface area contributed by atoms with Crippen LogP contribution in [0.15, 0.2) is 65.5 Å². The van der Waals surface area contributed by atoms with E-state index in [0.717, 1.165) is 16.9 Å². The van der Waals surface area contributed by atoms with E-state index >= 15 is 0 Å². The number of H-pyrrole nitrogens is 1. The van der Waals surface area contributed by atoms with E-state index in [0.29, 0.717) is 27.4 Å². The minimum atomic E-state index is -0.655. The van der Waals surface area contributed by atoms with Crippen molar-refractivity contribution in [2.24, 2.45) is 0 Å². The Labute approximate surface area is 199 Å². The lowest BCUT2D eigenvalue weighted by Crippen LogP contribution is -2.26. The standard InChI is InChI=1S/C25H22N4O4S/c1-14(2)33-24(32)21-15(3)26-25(34-21)27-22(30)19-18(16-10-6-4-7-11-16)20(28-29-23(19)31)17-12-8-5-9-13-17/h4-14H,1-3H3,(H,29,31)(H,26,27,30). The van der Waals surface area contributed by atoms with Crippen molar-refractivity contribution in [1.82, 2.24) is 15.2 Å². The van der Waals surface area contributed by atoms with Gasteiger partial charge in [-0.25, -0.2) is 14.9 Å². The fourth-order valence-electron chi connectivity index (χ4n) is 3.42. The first-order valence-electron chi connectivity index (χ1n) is 10.6. The van der Waals surface area contributed by atoms with Gasteiger partial charge in [-0.2, -0.15) is 5.10 Å². The number of esters is 1. The van der Waals surface area contributed by atoms with E-state index in [2.05, 4.69) is 20.5 Å². The molecule has 0 aliphatic carbocycles. The number of aromatic amines is 1. The largest absolute Gasteiger partial charge is 0.459 e. The molecule has 2 aromatic heterocycles. The minimum Gasteiger partial charge on any atom is -0.459 e. The number of aromatic nitrogens is 3. The summed E-state index contributed by atoms with van der Waals surface area (Å²) in [5, 5.41) is 9.55. The Hall–Kier alpha value is -4.11. The lowest BCUT2D eigenvalue weighted by molar-refractivity contribution is 0.0382. The molecule has 8 nitrogen and oxygen atoms in total. The summed E-state index contributed by atoms with van der Waals surface area (Å²) in [5.74, 6) is -1.17. The molecule has 0 radical (unpaired) electrons. The maximum Gasteiger partial charge on any atom is 0.350 e. The van der Waals surface area contributed by atoms with Crippen LogP contribution in [0.1, 0.15) is 39.6 Å². The van der Waals surface area contributed by atoms with Crippen molar-refractivity contribution < 1.29 is 14.3 Å². The third-order valence-electron chi connectivity index (χ3n) is 4.87. The maximum atomic E-state index is 13.4. The molecule has 0 atom stereocenters. The van der Waals surface area contributed by atoms with Crippen LogP contribution in [0.5, 0.6) is 0 Å². The molecular formula is C25H22N4O4S. The van der Waals surface area contributed by atoms with E-state index in [1.807, 2.05) is 60.7 Å². The van der Waals surface area contributed by atoms with Crippen molar-refractivity contribution in [3.05, 3.63) is 87.2 Å². The number of aryl methyl sites for hydroxylation is 1. The van der Waals surface area contributed by atoms with Crippen molar-refractivity contribution in [3.63, 3.8) is 0 Å². The van der Waals surface area contributed by atoms with E-state index in [9.17, 15) is 14.4 Å². The highest BCUT2D eigenvalue weighted by Gasteiger charge is 2.25. The molecule has 1 amide bonds. The third kappa shape index (κ3) is 4.79. The van der Waals surface area contributed by atoms with Gasteiger partial charge < -0.3 is 4.74 Å². The molecule has 0 fully saturated rings. The number of benzene rings is 2. The summed E-state index contributed by atoms with van der Waals surface area (Å²) in [4.78, 5) is 43.1. The number of hydrogen-bond donors (Lipinski definition) is 2. The van der Waals surface area contributed by atoms with Crippen LogP contribution in [0.4, 0.5) is 5.13 Å². The van der Waals surface area contributed by atoms with Gasteiger partial charge in [0, 0.05) is 11.1 Å². The van der Waals surface area contributed by atoms with Crippen LogP contribution < -0.4 is 10.9 Å². The van der Waals surface area contributed by atoms with Gasteiger partial charge in [-0.3, -0.25) is 14.9 Å². The van der Waals surface area contributed by atoms with Gasteiger partial charge in [0.2, 0.25) is 0 Å². The molecule has 0 saturated heterocycles. The van der Waals surface area contributed by atoms with Gasteiger partial charge >= 0.3 is 5.97 Å². The summed E-state index contributed by atoms with van der Waals surface area (Å²) >= 11 is 0.995. The van der Waals surface area contributed by atoms with Crippen molar-refractivity contribution in [1.29, 1.82) is 0 Å². The first-order chi connectivity index (χ1) is 16.3. The van der Waals surface area contributed by atoms with Crippen molar-refractivity contribution in [3.8, 4) is 22.4 Å². The van der Waals surface area contributed by atoms with E-state index in [1.165, 1.54) is 0 Å². The maximum absolute atomic E-state index is 13.4. The molecule has 2 aromatic carbocycles. The van der Waals surface area contributed by atoms with E-state index in [-0.39, 0.29) is 16.8 Å². The van der Waals surface area contributed by atoms with Gasteiger partial charge in [-0.15, -0.1) is 0 Å². The van der Waals surface area contributed by atoms with Gasteiger partial charge in [0.1, 0.15) is 10.4 Å². The average molecular weight is 475 g/mol. The van der Waals surface area contributed by atoms with Gasteiger partial charge in [0.15, 0.2) is 5.13 Å². The molecule has 0 aliphatic rings. The molecule has 172 valence electrons. The predicted molar refractivity (Wildman–Crippen MR) is 131 cm³/mol. The number of amides is 1. The normalized spacial score (nSPS) is 10.8. The Morgan fingerprint density at radius 1 is 1.00 bits per heavy atom. The molecular weight excluding hydrogens is 452 g/mol. The number of rotatable bonds is 6. The summed E-state index contributed by atoms with van der Waals surface area (Å²) in [6, 6.07) is 18.4. The Morgan fingerprint density at radius 3 is 2.24 bits per heavy atom. The van der Waals surface area contributed by atoms with Crippen LogP contribution in [0.25, 0.3) is 22.4 Å². The molecule has 0 saturated carbocycles. The summed E-state index contributed by atoms with van der Waals surface area (Å²) in [6.45, 7) is 5.16. The molecule has 4 aromatic rings. The smallest absolute Gasteiger partial charge is 0.350 e. The highest BCUT2D eigenvalue weighted by atomic mass is 32.1. The molecule has 0 spiro atoms. The fraction of sp³-hybridized carbons (Fsp3) is 0.160. The summed E-state index contributed by atoms with van der Waals surface area (Å²) in [7, 11) is 0. The Morgan fingerprint density at radius 2 is 1.62 bits per heavy atom. The lowest BCUT2D eigenvalue weighted by Gasteiger charge is -2.13. The zero-order valence-corrected chi connectivity index (χ0v) is 19.6. The van der Waals surface area contributed by atoms with Crippen LogP contribution in [0.2, 0.25) is 0 Å². The molecule has 34 heavy (non-hydrogen) atoms. The van der Waals surface area contributed by atoms with Crippen LogP contribution in [-0.2, 0) is 4.74 Å². The first-order valence-corrected chi connectivity index (χ1v) is 11.4. The quantitative estimate of drug-likeness (QED) is 0.392. The number of hydrogen-bond acceptors (Lipinski definition) is 7. The molecule has 2 N–H and O–H groups in total. The number of anilines is 1. The number of thiazole rings is 1. The first kappa shape index (κ1) is 23.1. The zero-order chi connectivity index (χ0) is 24.2. The van der Waals surface area contributed by atoms with Crippen LogP contribution in [-0.4, -0.2) is 33.2 Å². The molecule has 0 bridgehead atoms. The Kier molecular flexibility index (Phi) is 6.65. The second-order valence-electron chi connectivity index (χ2n) is 7.73. The number of nitrogens with zero attached hydrogens (tertiary/aromatic N) is 2. The van der Waals surface area contributed by atoms with Gasteiger partial charge in [-0.05, 0) is 26.3 Å². The predicted octanol–water partition coefficient (Wildman–Crippen LogP) is 4.69. The summed E-state index contributed by atoms with van der Waals surface area (Å²) in [6.07, 6.45) is -0.285. The average Bonchev–Trinajstić information content (AvgIpc) is 3.19. The van der Waals surface area contributed by atoms with Crippen molar-refractivity contribution in [2.45, 2.75) is 26.9 Å². The lowest BCUT2D eigenvalue weighted by atomic mass is 9.95. The molecule has 2 heterocycles. The fourth-order valence-corrected chi connectivity index (χ4v) is 4.27. The number of ether oxygens (including phenoxy) is 1. The van der Waals surface area contributed by atoms with Crippen molar-refractivity contribution in [2.75, 3.05) is 5.32 Å². The summed E-state index contributed by atoms with van der Waals surface area (Å²) in [5.41, 5.74) is 1.98. The monoisotopic (exact) mass is 474 g/mol. The van der Waals surface area contributed by atoms with Crippen LogP contribution >= 0.6 is 11.3 Å². The second-order valence-corrected chi connectivity index (χ2v) is 8.72. The van der Waals surface area contributed by atoms with Gasteiger partial charge in [0.25, 0.3) is 11.5 Å². The van der Waals surface area contributed by atoms with Crippen LogP contribution in [0, 0.1) is 6.92 Å². The zero-order valence-electron chi connectivity index (χ0n) is 18.8. The SMILES string of the molecule is Cc1nc(NC(=O)c2c(-c3ccccc3)c(-c3ccccc3)n[nH]c2=O)sc1C(=O)OC(C)C. The highest BCUT2D eigenvalue weighted by Crippen LogP contribution is 2.32. The topological polar surface area (TPSA) is 114 Å². The van der Waals surface area contributed by atoms with Crippen LogP contribution in [0.3, 0.4) is 0 Å². The second kappa shape index (κ2) is 9.80. The summed E-state index contributed by atoms with van der Waals surface area (Å²) < 4.78 is 5.24. The molecule has 0 aliphatic heterocycles. The number of nitrogens with one attached hydrogen (secondary N) is 2.